The van der Waals surface area contributed by atoms with Crippen molar-refractivity contribution >= 4 is 16.7 Å². The molecule has 4 rings (SSSR count). The summed E-state index contributed by atoms with van der Waals surface area (Å²) in [5.41, 5.74) is 0.457. The van der Waals surface area contributed by atoms with Crippen molar-refractivity contribution in [2.24, 2.45) is 17.8 Å². The van der Waals surface area contributed by atoms with Crippen LogP contribution in [0.25, 0.3) is 10.8 Å². The minimum absolute atomic E-state index is 0.180. The molecule has 2 nitrogen and oxygen atoms in total. The number of aromatic carboxylic acids is 1. The van der Waals surface area contributed by atoms with Gasteiger partial charge in [0.1, 0.15) is 11.6 Å². The first kappa shape index (κ1) is 22.2. The molecular weight excluding hydrogens is 394 g/mol. The number of carboxylic acids is 1. The number of unbranched alkanes of at least 4 members (excludes halogenated alkanes) is 3. The van der Waals surface area contributed by atoms with Gasteiger partial charge in [0.05, 0.1) is 5.56 Å². The van der Waals surface area contributed by atoms with Crippen LogP contribution in [0.15, 0.2) is 24.3 Å². The molecule has 2 aromatic rings. The fourth-order valence-electron chi connectivity index (χ4n) is 6.17. The Bertz CT molecular complexity index is 938. The zero-order chi connectivity index (χ0) is 22.0. The van der Waals surface area contributed by atoms with Gasteiger partial charge in [-0.3, -0.25) is 0 Å². The lowest BCUT2D eigenvalue weighted by Gasteiger charge is -2.42. The Morgan fingerprint density at radius 2 is 1.71 bits per heavy atom. The molecule has 4 atom stereocenters. The van der Waals surface area contributed by atoms with Crippen LogP contribution < -0.4 is 0 Å². The second kappa shape index (κ2) is 9.67. The van der Waals surface area contributed by atoms with Crippen LogP contribution in [0.5, 0.6) is 0 Å². The van der Waals surface area contributed by atoms with Gasteiger partial charge in [-0.25, -0.2) is 13.6 Å². The minimum Gasteiger partial charge on any atom is -0.478 e. The summed E-state index contributed by atoms with van der Waals surface area (Å²) in [6, 6.07) is 5.71. The molecule has 4 unspecified atom stereocenters. The summed E-state index contributed by atoms with van der Waals surface area (Å²) in [7, 11) is 0. The average Bonchev–Trinajstić information content (AvgIpc) is 2.75. The third-order valence-electron chi connectivity index (χ3n) is 7.90. The lowest BCUT2D eigenvalue weighted by Crippen LogP contribution is -2.30. The largest absolute Gasteiger partial charge is 0.478 e. The Morgan fingerprint density at radius 1 is 0.935 bits per heavy atom. The molecule has 2 fully saturated rings. The molecule has 0 bridgehead atoms. The van der Waals surface area contributed by atoms with Crippen LogP contribution >= 0.6 is 0 Å². The van der Waals surface area contributed by atoms with E-state index in [2.05, 4.69) is 6.92 Å². The quantitative estimate of drug-likeness (QED) is 0.453. The third-order valence-corrected chi connectivity index (χ3v) is 7.90. The lowest BCUT2D eigenvalue weighted by molar-refractivity contribution is 0.0692. The van der Waals surface area contributed by atoms with Crippen molar-refractivity contribution in [3.05, 3.63) is 47.0 Å². The van der Waals surface area contributed by atoms with Crippen molar-refractivity contribution in [1.29, 1.82) is 0 Å². The maximum Gasteiger partial charge on any atom is 0.338 e. The molecule has 2 aliphatic carbocycles. The molecule has 168 valence electrons. The van der Waals surface area contributed by atoms with E-state index < -0.39 is 23.2 Å². The van der Waals surface area contributed by atoms with E-state index in [1.165, 1.54) is 63.9 Å². The lowest BCUT2D eigenvalue weighted by atomic mass is 9.63. The molecule has 0 saturated heterocycles. The van der Waals surface area contributed by atoms with Crippen molar-refractivity contribution in [3.63, 3.8) is 0 Å². The Kier molecular flexibility index (Phi) is 6.93. The molecule has 0 aliphatic heterocycles. The van der Waals surface area contributed by atoms with Crippen LogP contribution in [0.1, 0.15) is 99.4 Å². The first-order valence-corrected chi connectivity index (χ1v) is 12.1. The van der Waals surface area contributed by atoms with E-state index >= 15 is 0 Å². The Labute approximate surface area is 184 Å². The summed E-state index contributed by atoms with van der Waals surface area (Å²) in [4.78, 5) is 11.2. The number of rotatable bonds is 7. The first-order valence-electron chi connectivity index (χ1n) is 12.1. The molecule has 2 aromatic carbocycles. The number of benzene rings is 2. The fourth-order valence-corrected chi connectivity index (χ4v) is 6.17. The summed E-state index contributed by atoms with van der Waals surface area (Å²) in [5.74, 6) is 0.0906. The number of hydrogen-bond donors (Lipinski definition) is 1. The topological polar surface area (TPSA) is 37.3 Å². The van der Waals surface area contributed by atoms with Crippen molar-refractivity contribution in [2.45, 2.75) is 83.5 Å². The summed E-state index contributed by atoms with van der Waals surface area (Å²) in [5, 5.41) is 9.75. The monoisotopic (exact) mass is 428 g/mol. The molecule has 0 amide bonds. The minimum atomic E-state index is -1.37. The van der Waals surface area contributed by atoms with Crippen LogP contribution in [-0.2, 0) is 0 Å². The highest BCUT2D eigenvalue weighted by molar-refractivity contribution is 5.95. The van der Waals surface area contributed by atoms with Crippen LogP contribution in [0, 0.1) is 29.4 Å². The molecule has 0 radical (unpaired) electrons. The molecule has 0 spiro atoms. The molecule has 0 aromatic heterocycles. The van der Waals surface area contributed by atoms with Crippen LogP contribution in [0.3, 0.4) is 0 Å². The van der Waals surface area contributed by atoms with Crippen molar-refractivity contribution in [2.75, 3.05) is 0 Å². The van der Waals surface area contributed by atoms with Gasteiger partial charge in [-0.2, -0.15) is 0 Å². The standard InChI is InChI=1S/C27H34F2O2/c1-2-3-4-5-6-17-7-8-19-12-20(10-9-18(19)11-17)21-13-22-15-26(29)24(27(30)31)16-23(22)25(28)14-21/h13-20H,2-12H2,1H3,(H,30,31). The summed E-state index contributed by atoms with van der Waals surface area (Å²) in [6.07, 6.45) is 14.1. The van der Waals surface area contributed by atoms with E-state index in [1.807, 2.05) is 6.07 Å². The maximum absolute atomic E-state index is 14.8. The average molecular weight is 429 g/mol. The summed E-state index contributed by atoms with van der Waals surface area (Å²) >= 11 is 0. The second-order valence-electron chi connectivity index (χ2n) is 9.92. The van der Waals surface area contributed by atoms with Gasteiger partial charge in [0.25, 0.3) is 0 Å². The van der Waals surface area contributed by atoms with Gasteiger partial charge in [-0.1, -0.05) is 51.5 Å². The molecule has 4 heteroatoms. The van der Waals surface area contributed by atoms with Crippen molar-refractivity contribution in [1.82, 2.24) is 0 Å². The fraction of sp³-hybridized carbons (Fsp3) is 0.593. The first-order chi connectivity index (χ1) is 15.0. The van der Waals surface area contributed by atoms with E-state index in [-0.39, 0.29) is 5.39 Å². The SMILES string of the molecule is CCCCCCC1CCC2CC(c3cc(F)c4cc(C(=O)O)c(F)cc4c3)CCC2C1. The van der Waals surface area contributed by atoms with Gasteiger partial charge in [0.15, 0.2) is 0 Å². The summed E-state index contributed by atoms with van der Waals surface area (Å²) in [6.45, 7) is 2.26. The molecular formula is C27H34F2O2. The van der Waals surface area contributed by atoms with Gasteiger partial charge in [-0.05, 0) is 84.9 Å². The van der Waals surface area contributed by atoms with E-state index in [1.54, 1.807) is 6.07 Å². The van der Waals surface area contributed by atoms with Crippen molar-refractivity contribution < 1.29 is 18.7 Å². The van der Waals surface area contributed by atoms with E-state index in [0.29, 0.717) is 11.3 Å². The normalized spacial score (nSPS) is 26.0. The van der Waals surface area contributed by atoms with Gasteiger partial charge < -0.3 is 5.11 Å². The van der Waals surface area contributed by atoms with E-state index in [4.69, 9.17) is 5.11 Å². The van der Waals surface area contributed by atoms with Crippen LogP contribution in [0.4, 0.5) is 8.78 Å². The zero-order valence-electron chi connectivity index (χ0n) is 18.5. The highest BCUT2D eigenvalue weighted by atomic mass is 19.1. The number of hydrogen-bond acceptors (Lipinski definition) is 1. The molecule has 0 heterocycles. The highest BCUT2D eigenvalue weighted by Crippen LogP contribution is 2.48. The van der Waals surface area contributed by atoms with E-state index in [9.17, 15) is 13.6 Å². The predicted octanol–water partition coefficient (Wildman–Crippen LogP) is 8.09. The Morgan fingerprint density at radius 3 is 2.48 bits per heavy atom. The number of carboxylic acid groups (broad SMARTS) is 1. The molecule has 31 heavy (non-hydrogen) atoms. The predicted molar refractivity (Wildman–Crippen MR) is 120 cm³/mol. The van der Waals surface area contributed by atoms with Crippen molar-refractivity contribution in [3.8, 4) is 0 Å². The smallest absolute Gasteiger partial charge is 0.338 e. The molecule has 1 N–H and O–H groups in total. The van der Waals surface area contributed by atoms with Gasteiger partial charge in [-0.15, -0.1) is 0 Å². The third kappa shape index (κ3) is 4.94. The van der Waals surface area contributed by atoms with Gasteiger partial charge >= 0.3 is 5.97 Å². The number of carbonyl (C=O) groups is 1. The zero-order valence-corrected chi connectivity index (χ0v) is 18.5. The van der Waals surface area contributed by atoms with Gasteiger partial charge in [0, 0.05) is 5.39 Å². The Hall–Kier alpha value is -1.97. The maximum atomic E-state index is 14.8. The summed E-state index contributed by atoms with van der Waals surface area (Å²) < 4.78 is 29.0. The number of fused-ring (bicyclic) bond motifs is 2. The Balaban J connectivity index is 1.44. The second-order valence-corrected chi connectivity index (χ2v) is 9.92. The molecule has 2 aliphatic rings. The van der Waals surface area contributed by atoms with E-state index in [0.717, 1.165) is 42.2 Å². The van der Waals surface area contributed by atoms with Gasteiger partial charge in [0.2, 0.25) is 0 Å². The molecule has 2 saturated carbocycles. The highest BCUT2D eigenvalue weighted by Gasteiger charge is 2.36. The van der Waals surface area contributed by atoms with Crippen LogP contribution in [0.2, 0.25) is 0 Å². The van der Waals surface area contributed by atoms with Crippen LogP contribution in [-0.4, -0.2) is 11.1 Å². The number of halogens is 2.